The Labute approximate surface area is 123 Å². The first kappa shape index (κ1) is 17.0. The van der Waals surface area contributed by atoms with Crippen LogP contribution >= 0.6 is 0 Å². The number of benzene rings is 1. The van der Waals surface area contributed by atoms with Gasteiger partial charge in [0.15, 0.2) is 0 Å². The van der Waals surface area contributed by atoms with E-state index < -0.39 is 0 Å². The van der Waals surface area contributed by atoms with Gasteiger partial charge in [0.1, 0.15) is 5.82 Å². The molecule has 0 saturated heterocycles. The van der Waals surface area contributed by atoms with Crippen molar-refractivity contribution in [3.63, 3.8) is 0 Å². The summed E-state index contributed by atoms with van der Waals surface area (Å²) in [5.41, 5.74) is 2.22. The van der Waals surface area contributed by atoms with Gasteiger partial charge in [-0.25, -0.2) is 4.39 Å². The minimum Gasteiger partial charge on any atom is -0.371 e. The molecular formula is C17H29FN2. The molecule has 0 atom stereocenters. The molecule has 0 saturated carbocycles. The van der Waals surface area contributed by atoms with Crippen molar-refractivity contribution in [2.45, 2.75) is 47.1 Å². The maximum atomic E-state index is 13.5. The Morgan fingerprint density at radius 3 is 2.40 bits per heavy atom. The van der Waals surface area contributed by atoms with E-state index >= 15 is 0 Å². The van der Waals surface area contributed by atoms with Gasteiger partial charge in [0.2, 0.25) is 0 Å². The molecule has 0 aliphatic rings. The molecule has 114 valence electrons. The van der Waals surface area contributed by atoms with Gasteiger partial charge in [0, 0.05) is 25.3 Å². The Morgan fingerprint density at radius 2 is 1.85 bits per heavy atom. The molecule has 20 heavy (non-hydrogen) atoms. The van der Waals surface area contributed by atoms with Crippen LogP contribution in [-0.2, 0) is 6.54 Å². The predicted molar refractivity (Wildman–Crippen MR) is 85.7 cm³/mol. The van der Waals surface area contributed by atoms with Gasteiger partial charge in [-0.3, -0.25) is 0 Å². The van der Waals surface area contributed by atoms with E-state index in [9.17, 15) is 4.39 Å². The van der Waals surface area contributed by atoms with E-state index in [1.165, 1.54) is 18.5 Å². The van der Waals surface area contributed by atoms with E-state index in [1.807, 2.05) is 6.07 Å². The first-order valence-electron chi connectivity index (χ1n) is 7.90. The van der Waals surface area contributed by atoms with Crippen LogP contribution in [0.5, 0.6) is 0 Å². The van der Waals surface area contributed by atoms with Gasteiger partial charge in [0.25, 0.3) is 0 Å². The fourth-order valence-corrected chi connectivity index (χ4v) is 2.52. The Balaban J connectivity index is 2.94. The topological polar surface area (TPSA) is 15.3 Å². The van der Waals surface area contributed by atoms with Crippen molar-refractivity contribution in [3.8, 4) is 0 Å². The SMILES string of the molecule is CCNCc1cc(F)ccc1N(CC)CC(CC)CC. The lowest BCUT2D eigenvalue weighted by atomic mass is 10.0. The molecular weight excluding hydrogens is 251 g/mol. The Hall–Kier alpha value is -1.09. The second kappa shape index (κ2) is 8.96. The number of halogens is 1. The van der Waals surface area contributed by atoms with E-state index in [0.717, 1.165) is 31.7 Å². The first-order chi connectivity index (χ1) is 9.65. The zero-order valence-corrected chi connectivity index (χ0v) is 13.4. The number of hydrogen-bond acceptors (Lipinski definition) is 2. The standard InChI is InChI=1S/C17H29FN2/c1-5-14(6-2)13-20(8-4)17-10-9-16(18)11-15(17)12-19-7-3/h9-11,14,19H,5-8,12-13H2,1-4H3. The molecule has 1 aromatic carbocycles. The highest BCUT2D eigenvalue weighted by molar-refractivity contribution is 5.54. The first-order valence-corrected chi connectivity index (χ1v) is 7.90. The third-order valence-electron chi connectivity index (χ3n) is 3.96. The third kappa shape index (κ3) is 4.78. The summed E-state index contributed by atoms with van der Waals surface area (Å²) in [6.07, 6.45) is 2.38. The fourth-order valence-electron chi connectivity index (χ4n) is 2.52. The molecule has 0 spiro atoms. The number of nitrogens with zero attached hydrogens (tertiary/aromatic N) is 1. The second-order valence-corrected chi connectivity index (χ2v) is 5.27. The Kier molecular flexibility index (Phi) is 7.60. The van der Waals surface area contributed by atoms with Gasteiger partial charge in [-0.15, -0.1) is 0 Å². The number of rotatable bonds is 9. The van der Waals surface area contributed by atoms with E-state index in [0.29, 0.717) is 5.92 Å². The lowest BCUT2D eigenvalue weighted by molar-refractivity contribution is 0.485. The Bertz CT molecular complexity index is 389. The average Bonchev–Trinajstić information content (AvgIpc) is 2.47. The normalized spacial score (nSPS) is 11.1. The predicted octanol–water partition coefficient (Wildman–Crippen LogP) is 4.20. The zero-order chi connectivity index (χ0) is 15.0. The van der Waals surface area contributed by atoms with Gasteiger partial charge >= 0.3 is 0 Å². The summed E-state index contributed by atoms with van der Waals surface area (Å²) < 4.78 is 13.5. The highest BCUT2D eigenvalue weighted by atomic mass is 19.1. The molecule has 0 aromatic heterocycles. The van der Waals surface area contributed by atoms with Crippen LogP contribution in [0.15, 0.2) is 18.2 Å². The van der Waals surface area contributed by atoms with Crippen LogP contribution in [0.25, 0.3) is 0 Å². The minimum absolute atomic E-state index is 0.153. The molecule has 0 bridgehead atoms. The summed E-state index contributed by atoms with van der Waals surface area (Å²) in [6.45, 7) is 12.4. The minimum atomic E-state index is -0.153. The van der Waals surface area contributed by atoms with Gasteiger partial charge in [-0.1, -0.05) is 33.6 Å². The summed E-state index contributed by atoms with van der Waals surface area (Å²) in [5, 5.41) is 3.30. The molecule has 1 aromatic rings. The van der Waals surface area contributed by atoms with Crippen molar-refractivity contribution < 1.29 is 4.39 Å². The molecule has 0 radical (unpaired) electrons. The summed E-state index contributed by atoms with van der Waals surface area (Å²) >= 11 is 0. The van der Waals surface area contributed by atoms with Gasteiger partial charge in [-0.2, -0.15) is 0 Å². The monoisotopic (exact) mass is 280 g/mol. The van der Waals surface area contributed by atoms with Crippen LogP contribution in [-0.4, -0.2) is 19.6 Å². The van der Waals surface area contributed by atoms with Crippen LogP contribution in [0.3, 0.4) is 0 Å². The van der Waals surface area contributed by atoms with E-state index in [4.69, 9.17) is 0 Å². The molecule has 0 aliphatic heterocycles. The summed E-state index contributed by atoms with van der Waals surface area (Å²) in [5.74, 6) is 0.548. The molecule has 2 nitrogen and oxygen atoms in total. The molecule has 0 unspecified atom stereocenters. The molecule has 3 heteroatoms. The van der Waals surface area contributed by atoms with Gasteiger partial charge in [0.05, 0.1) is 0 Å². The largest absolute Gasteiger partial charge is 0.371 e. The number of anilines is 1. The average molecular weight is 280 g/mol. The highest BCUT2D eigenvalue weighted by Gasteiger charge is 2.14. The molecule has 1 N–H and O–H groups in total. The van der Waals surface area contributed by atoms with E-state index in [2.05, 4.69) is 37.9 Å². The van der Waals surface area contributed by atoms with Crippen LogP contribution < -0.4 is 10.2 Å². The lowest BCUT2D eigenvalue weighted by Crippen LogP contribution is -2.30. The van der Waals surface area contributed by atoms with Crippen LogP contribution in [0.1, 0.15) is 46.1 Å². The van der Waals surface area contributed by atoms with Crippen LogP contribution in [0.2, 0.25) is 0 Å². The second-order valence-electron chi connectivity index (χ2n) is 5.27. The molecule has 0 amide bonds. The zero-order valence-electron chi connectivity index (χ0n) is 13.4. The maximum absolute atomic E-state index is 13.5. The maximum Gasteiger partial charge on any atom is 0.123 e. The van der Waals surface area contributed by atoms with Crippen molar-refractivity contribution in [2.75, 3.05) is 24.5 Å². The van der Waals surface area contributed by atoms with Crippen molar-refractivity contribution >= 4 is 5.69 Å². The van der Waals surface area contributed by atoms with Gasteiger partial charge in [-0.05, 0) is 43.1 Å². The molecule has 1 rings (SSSR count). The smallest absolute Gasteiger partial charge is 0.123 e. The lowest BCUT2D eigenvalue weighted by Gasteiger charge is -2.29. The molecule has 0 heterocycles. The van der Waals surface area contributed by atoms with Crippen molar-refractivity contribution in [1.29, 1.82) is 0 Å². The van der Waals surface area contributed by atoms with E-state index in [1.54, 1.807) is 12.1 Å². The van der Waals surface area contributed by atoms with Crippen LogP contribution in [0, 0.1) is 11.7 Å². The van der Waals surface area contributed by atoms with Crippen molar-refractivity contribution in [2.24, 2.45) is 5.92 Å². The van der Waals surface area contributed by atoms with E-state index in [-0.39, 0.29) is 5.82 Å². The summed E-state index contributed by atoms with van der Waals surface area (Å²) in [6, 6.07) is 5.15. The summed E-state index contributed by atoms with van der Waals surface area (Å²) in [7, 11) is 0. The van der Waals surface area contributed by atoms with Crippen molar-refractivity contribution in [1.82, 2.24) is 5.32 Å². The molecule has 0 aliphatic carbocycles. The fraction of sp³-hybridized carbons (Fsp3) is 0.647. The third-order valence-corrected chi connectivity index (χ3v) is 3.96. The summed E-state index contributed by atoms with van der Waals surface area (Å²) in [4.78, 5) is 2.38. The van der Waals surface area contributed by atoms with Gasteiger partial charge < -0.3 is 10.2 Å². The number of hydrogen-bond donors (Lipinski definition) is 1. The van der Waals surface area contributed by atoms with Crippen molar-refractivity contribution in [3.05, 3.63) is 29.6 Å². The molecule has 0 fully saturated rings. The quantitative estimate of drug-likeness (QED) is 0.729. The van der Waals surface area contributed by atoms with Crippen LogP contribution in [0.4, 0.5) is 10.1 Å². The number of nitrogens with one attached hydrogen (secondary N) is 1. The Morgan fingerprint density at radius 1 is 1.15 bits per heavy atom. The highest BCUT2D eigenvalue weighted by Crippen LogP contribution is 2.24.